The highest BCUT2D eigenvalue weighted by molar-refractivity contribution is 6.32. The first-order chi connectivity index (χ1) is 7.79. The summed E-state index contributed by atoms with van der Waals surface area (Å²) in [5.74, 6) is 2.06. The van der Waals surface area contributed by atoms with Gasteiger partial charge >= 0.3 is 0 Å². The van der Waals surface area contributed by atoms with Crippen LogP contribution >= 0.6 is 11.6 Å². The number of nitrogens with one attached hydrogen (secondary N) is 1. The third-order valence-electron chi connectivity index (χ3n) is 2.02. The molecule has 0 fully saturated rings. The largest absolute Gasteiger partial charge is 0.444 e. The highest BCUT2D eigenvalue weighted by atomic mass is 35.5. The van der Waals surface area contributed by atoms with Crippen LogP contribution in [0.1, 0.15) is 18.6 Å². The van der Waals surface area contributed by atoms with E-state index in [1.165, 1.54) is 12.5 Å². The quantitative estimate of drug-likeness (QED) is 0.886. The van der Waals surface area contributed by atoms with Crippen LogP contribution in [0, 0.1) is 0 Å². The van der Waals surface area contributed by atoms with Crippen LogP contribution in [0.4, 0.5) is 5.82 Å². The molecule has 0 amide bonds. The van der Waals surface area contributed by atoms with Gasteiger partial charge in [-0.1, -0.05) is 18.5 Å². The van der Waals surface area contributed by atoms with E-state index >= 15 is 0 Å². The number of aromatic nitrogens is 3. The second-order valence-corrected chi connectivity index (χ2v) is 3.55. The first-order valence-electron chi connectivity index (χ1n) is 4.92. The first kappa shape index (κ1) is 10.9. The van der Waals surface area contributed by atoms with E-state index in [4.69, 9.17) is 16.0 Å². The minimum absolute atomic E-state index is 0.455. The number of halogens is 1. The molecule has 2 rings (SSSR count). The summed E-state index contributed by atoms with van der Waals surface area (Å²) in [4.78, 5) is 11.9. The Hall–Kier alpha value is -1.62. The van der Waals surface area contributed by atoms with Crippen LogP contribution in [0.2, 0.25) is 5.02 Å². The monoisotopic (exact) mass is 238 g/mol. The Balaban J connectivity index is 1.99. The topological polar surface area (TPSA) is 63.8 Å². The molecule has 0 bridgehead atoms. The third kappa shape index (κ3) is 2.49. The molecule has 2 heterocycles. The van der Waals surface area contributed by atoms with Crippen molar-refractivity contribution in [3.05, 3.63) is 35.4 Å². The molecule has 5 nitrogen and oxygen atoms in total. The highest BCUT2D eigenvalue weighted by Gasteiger charge is 2.04. The normalized spacial score (nSPS) is 10.4. The lowest BCUT2D eigenvalue weighted by Gasteiger charge is -2.03. The van der Waals surface area contributed by atoms with Crippen LogP contribution < -0.4 is 5.32 Å². The summed E-state index contributed by atoms with van der Waals surface area (Å²) in [6.07, 6.45) is 5.52. The van der Waals surface area contributed by atoms with Crippen molar-refractivity contribution in [2.24, 2.45) is 0 Å². The molecular formula is C10H11ClN4O. The van der Waals surface area contributed by atoms with E-state index in [0.717, 1.165) is 12.2 Å². The van der Waals surface area contributed by atoms with Crippen molar-refractivity contribution in [2.75, 3.05) is 5.32 Å². The van der Waals surface area contributed by atoms with Crippen molar-refractivity contribution in [3.63, 3.8) is 0 Å². The molecule has 0 aromatic carbocycles. The molecule has 0 aliphatic carbocycles. The molecular weight excluding hydrogens is 228 g/mol. The fourth-order valence-electron chi connectivity index (χ4n) is 1.20. The van der Waals surface area contributed by atoms with Gasteiger partial charge in [0.1, 0.15) is 22.9 Å². The van der Waals surface area contributed by atoms with Gasteiger partial charge in [-0.25, -0.2) is 15.0 Å². The van der Waals surface area contributed by atoms with E-state index in [-0.39, 0.29) is 0 Å². The van der Waals surface area contributed by atoms with E-state index < -0.39 is 0 Å². The minimum atomic E-state index is 0.455. The minimum Gasteiger partial charge on any atom is -0.444 e. The lowest BCUT2D eigenvalue weighted by Crippen LogP contribution is -2.02. The molecule has 0 spiro atoms. The maximum Gasteiger partial charge on any atom is 0.213 e. The zero-order valence-corrected chi connectivity index (χ0v) is 9.53. The molecule has 1 N–H and O–H groups in total. The predicted octanol–water partition coefficient (Wildman–Crippen LogP) is 2.29. The Morgan fingerprint density at radius 3 is 2.94 bits per heavy atom. The Morgan fingerprint density at radius 2 is 2.25 bits per heavy atom. The summed E-state index contributed by atoms with van der Waals surface area (Å²) < 4.78 is 5.43. The molecule has 2 aromatic rings. The molecule has 0 saturated carbocycles. The van der Waals surface area contributed by atoms with Gasteiger partial charge in [-0.2, -0.15) is 0 Å². The van der Waals surface area contributed by atoms with Crippen molar-refractivity contribution in [3.8, 4) is 0 Å². The molecule has 2 aromatic heterocycles. The molecule has 16 heavy (non-hydrogen) atoms. The number of hydrogen-bond donors (Lipinski definition) is 1. The van der Waals surface area contributed by atoms with E-state index in [9.17, 15) is 0 Å². The Kier molecular flexibility index (Phi) is 3.36. The third-order valence-corrected chi connectivity index (χ3v) is 2.30. The van der Waals surface area contributed by atoms with Crippen LogP contribution in [-0.2, 0) is 13.0 Å². The number of anilines is 1. The highest BCUT2D eigenvalue weighted by Crippen LogP contribution is 2.16. The van der Waals surface area contributed by atoms with Gasteiger partial charge in [0.25, 0.3) is 0 Å². The summed E-state index contributed by atoms with van der Waals surface area (Å²) >= 11 is 5.88. The van der Waals surface area contributed by atoms with Crippen molar-refractivity contribution in [2.45, 2.75) is 19.9 Å². The van der Waals surface area contributed by atoms with Crippen LogP contribution in [0.25, 0.3) is 0 Å². The number of aryl methyl sites for hydroxylation is 1. The Labute approximate surface area is 97.9 Å². The van der Waals surface area contributed by atoms with Crippen molar-refractivity contribution in [1.29, 1.82) is 0 Å². The number of rotatable bonds is 4. The summed E-state index contributed by atoms with van der Waals surface area (Å²) in [7, 11) is 0. The molecule has 0 unspecified atom stereocenters. The van der Waals surface area contributed by atoms with Gasteiger partial charge in [0, 0.05) is 6.42 Å². The van der Waals surface area contributed by atoms with Gasteiger partial charge in [0.2, 0.25) is 5.89 Å². The van der Waals surface area contributed by atoms with Gasteiger partial charge in [0.15, 0.2) is 0 Å². The summed E-state index contributed by atoms with van der Waals surface area (Å²) in [5, 5.41) is 3.50. The lowest BCUT2D eigenvalue weighted by atomic mass is 10.4. The molecule has 0 radical (unpaired) electrons. The number of nitrogens with zero attached hydrogens (tertiary/aromatic N) is 3. The average Bonchev–Trinajstić information content (AvgIpc) is 2.76. The van der Waals surface area contributed by atoms with Crippen LogP contribution in [0.3, 0.4) is 0 Å². The van der Waals surface area contributed by atoms with Gasteiger partial charge < -0.3 is 9.73 Å². The molecule has 6 heteroatoms. The lowest BCUT2D eigenvalue weighted by molar-refractivity contribution is 0.465. The average molecular weight is 239 g/mol. The van der Waals surface area contributed by atoms with E-state index in [2.05, 4.69) is 20.3 Å². The Bertz CT molecular complexity index is 471. The van der Waals surface area contributed by atoms with Crippen LogP contribution in [0.15, 0.2) is 23.1 Å². The van der Waals surface area contributed by atoms with Crippen LogP contribution in [-0.4, -0.2) is 15.0 Å². The predicted molar refractivity (Wildman–Crippen MR) is 60.2 cm³/mol. The molecule has 0 aliphatic heterocycles. The van der Waals surface area contributed by atoms with E-state index in [1.807, 2.05) is 6.92 Å². The summed E-state index contributed by atoms with van der Waals surface area (Å²) in [6, 6.07) is 0. The fraction of sp³-hybridized carbons (Fsp3) is 0.300. The zero-order chi connectivity index (χ0) is 11.4. The smallest absolute Gasteiger partial charge is 0.213 e. The number of oxazole rings is 1. The summed E-state index contributed by atoms with van der Waals surface area (Å²) in [6.45, 7) is 2.47. The molecule has 0 saturated heterocycles. The SMILES string of the molecule is CCc1cnc(CNc2ncncc2Cl)o1. The van der Waals surface area contributed by atoms with Gasteiger partial charge in [0.05, 0.1) is 18.9 Å². The maximum atomic E-state index is 5.88. The van der Waals surface area contributed by atoms with Crippen LogP contribution in [0.5, 0.6) is 0 Å². The van der Waals surface area contributed by atoms with Gasteiger partial charge in [-0.05, 0) is 0 Å². The van der Waals surface area contributed by atoms with Crippen molar-refractivity contribution in [1.82, 2.24) is 15.0 Å². The van der Waals surface area contributed by atoms with E-state index in [1.54, 1.807) is 6.20 Å². The second-order valence-electron chi connectivity index (χ2n) is 3.15. The van der Waals surface area contributed by atoms with E-state index in [0.29, 0.717) is 23.3 Å². The Morgan fingerprint density at radius 1 is 1.38 bits per heavy atom. The van der Waals surface area contributed by atoms with Crippen molar-refractivity contribution >= 4 is 17.4 Å². The van der Waals surface area contributed by atoms with Gasteiger partial charge in [-0.3, -0.25) is 0 Å². The zero-order valence-electron chi connectivity index (χ0n) is 8.77. The maximum absolute atomic E-state index is 5.88. The molecule has 0 atom stereocenters. The first-order valence-corrected chi connectivity index (χ1v) is 5.30. The molecule has 84 valence electrons. The summed E-state index contributed by atoms with van der Waals surface area (Å²) in [5.41, 5.74) is 0. The molecule has 0 aliphatic rings. The fourth-order valence-corrected chi connectivity index (χ4v) is 1.37. The number of hydrogen-bond acceptors (Lipinski definition) is 5. The van der Waals surface area contributed by atoms with Crippen molar-refractivity contribution < 1.29 is 4.42 Å². The second kappa shape index (κ2) is 4.94. The van der Waals surface area contributed by atoms with Gasteiger partial charge in [-0.15, -0.1) is 0 Å². The standard InChI is InChI=1S/C10H11ClN4O/c1-2-7-3-13-9(16-7)5-14-10-8(11)4-12-6-15-10/h3-4,6H,2,5H2,1H3,(H,12,14,15).